The molecule has 1 atom stereocenters. The fraction of sp³-hybridized carbons (Fsp3) is 0.250. The second kappa shape index (κ2) is 3.61. The average molecular weight is 202 g/mol. The highest BCUT2D eigenvalue weighted by atomic mass is 16.3. The van der Waals surface area contributed by atoms with Gasteiger partial charge in [0.2, 0.25) is 0 Å². The normalized spacial score (nSPS) is 15.1. The van der Waals surface area contributed by atoms with Crippen LogP contribution in [0, 0.1) is 0 Å². The Labute approximate surface area is 88.6 Å². The van der Waals surface area contributed by atoms with E-state index in [0.717, 1.165) is 10.8 Å². The summed E-state index contributed by atoms with van der Waals surface area (Å²) in [6.07, 6.45) is 1.70. The molecule has 0 aliphatic heterocycles. The molecule has 1 heterocycles. The van der Waals surface area contributed by atoms with E-state index in [1.165, 1.54) is 0 Å². The molecule has 78 valence electrons. The minimum Gasteiger partial charge on any atom is -0.382 e. The van der Waals surface area contributed by atoms with E-state index in [-0.39, 0.29) is 6.54 Å². The first kappa shape index (κ1) is 10.1. The molecule has 15 heavy (non-hydrogen) atoms. The summed E-state index contributed by atoms with van der Waals surface area (Å²) in [6, 6.07) is 9.75. The fourth-order valence-electron chi connectivity index (χ4n) is 1.65. The van der Waals surface area contributed by atoms with Gasteiger partial charge in [0.25, 0.3) is 0 Å². The molecule has 3 heteroatoms. The predicted octanol–water partition coefficient (Wildman–Crippen LogP) is 1.40. The van der Waals surface area contributed by atoms with Gasteiger partial charge in [-0.1, -0.05) is 24.3 Å². The summed E-state index contributed by atoms with van der Waals surface area (Å²) in [7, 11) is 0. The maximum atomic E-state index is 10.1. The molecule has 0 aliphatic rings. The monoisotopic (exact) mass is 202 g/mol. The number of aromatic nitrogens is 1. The van der Waals surface area contributed by atoms with Crippen LogP contribution in [0.5, 0.6) is 0 Å². The van der Waals surface area contributed by atoms with Crippen molar-refractivity contribution in [1.29, 1.82) is 0 Å². The van der Waals surface area contributed by atoms with Crippen molar-refractivity contribution in [3.05, 3.63) is 42.2 Å². The summed E-state index contributed by atoms with van der Waals surface area (Å²) < 4.78 is 0. The lowest BCUT2D eigenvalue weighted by atomic mass is 9.97. The number of aliphatic hydroxyl groups is 1. The van der Waals surface area contributed by atoms with Crippen LogP contribution in [0.15, 0.2) is 36.5 Å². The van der Waals surface area contributed by atoms with Crippen molar-refractivity contribution in [3.8, 4) is 0 Å². The second-order valence-electron chi connectivity index (χ2n) is 3.86. The summed E-state index contributed by atoms with van der Waals surface area (Å²) in [4.78, 5) is 4.22. The largest absolute Gasteiger partial charge is 0.382 e. The zero-order valence-electron chi connectivity index (χ0n) is 8.64. The van der Waals surface area contributed by atoms with Crippen molar-refractivity contribution in [2.24, 2.45) is 5.73 Å². The molecule has 0 amide bonds. The van der Waals surface area contributed by atoms with Gasteiger partial charge in [0.1, 0.15) is 5.60 Å². The highest BCUT2D eigenvalue weighted by Crippen LogP contribution is 2.25. The maximum Gasteiger partial charge on any atom is 0.116 e. The third-order valence-electron chi connectivity index (χ3n) is 2.58. The lowest BCUT2D eigenvalue weighted by molar-refractivity contribution is 0.0639. The van der Waals surface area contributed by atoms with Crippen LogP contribution in [-0.4, -0.2) is 16.6 Å². The summed E-state index contributed by atoms with van der Waals surface area (Å²) in [6.45, 7) is 1.84. The minimum atomic E-state index is -1.07. The Morgan fingerprint density at radius 1 is 1.33 bits per heavy atom. The molecule has 0 fully saturated rings. The van der Waals surface area contributed by atoms with E-state index in [9.17, 15) is 5.11 Å². The Morgan fingerprint density at radius 2 is 2.07 bits per heavy atom. The van der Waals surface area contributed by atoms with E-state index in [0.29, 0.717) is 5.69 Å². The predicted molar refractivity (Wildman–Crippen MR) is 60.4 cm³/mol. The number of rotatable bonds is 2. The molecule has 2 rings (SSSR count). The molecule has 0 radical (unpaired) electrons. The Morgan fingerprint density at radius 3 is 2.80 bits per heavy atom. The Hall–Kier alpha value is -1.45. The Balaban J connectivity index is 2.71. The van der Waals surface area contributed by atoms with E-state index in [2.05, 4.69) is 4.98 Å². The van der Waals surface area contributed by atoms with Gasteiger partial charge in [-0.2, -0.15) is 0 Å². The van der Waals surface area contributed by atoms with Gasteiger partial charge in [-0.3, -0.25) is 4.98 Å². The molecule has 0 bridgehead atoms. The highest BCUT2D eigenvalue weighted by Gasteiger charge is 2.24. The van der Waals surface area contributed by atoms with Gasteiger partial charge in [0.05, 0.1) is 5.69 Å². The average Bonchev–Trinajstić information content (AvgIpc) is 2.28. The van der Waals surface area contributed by atoms with Gasteiger partial charge >= 0.3 is 0 Å². The molecule has 0 saturated carbocycles. The lowest BCUT2D eigenvalue weighted by Gasteiger charge is -2.21. The first-order chi connectivity index (χ1) is 7.15. The van der Waals surface area contributed by atoms with Crippen molar-refractivity contribution in [3.63, 3.8) is 0 Å². The molecule has 3 N–H and O–H groups in total. The topological polar surface area (TPSA) is 59.1 Å². The van der Waals surface area contributed by atoms with Crippen LogP contribution in [0.4, 0.5) is 0 Å². The van der Waals surface area contributed by atoms with Crippen LogP contribution in [0.2, 0.25) is 0 Å². The molecule has 1 aromatic carbocycles. The number of hydrogen-bond donors (Lipinski definition) is 2. The molecule has 2 aromatic rings. The van der Waals surface area contributed by atoms with Gasteiger partial charge in [-0.05, 0) is 18.4 Å². The van der Waals surface area contributed by atoms with Crippen molar-refractivity contribution >= 4 is 10.8 Å². The molecular formula is C12H14N2O. The number of benzene rings is 1. The summed E-state index contributed by atoms with van der Waals surface area (Å²) >= 11 is 0. The van der Waals surface area contributed by atoms with Crippen LogP contribution < -0.4 is 5.73 Å². The van der Waals surface area contributed by atoms with Crippen LogP contribution in [-0.2, 0) is 5.60 Å². The number of fused-ring (bicyclic) bond motifs is 1. The second-order valence-corrected chi connectivity index (χ2v) is 3.86. The number of nitrogens with two attached hydrogens (primary N) is 1. The molecule has 0 saturated heterocycles. The molecule has 0 aliphatic carbocycles. The highest BCUT2D eigenvalue weighted by molar-refractivity contribution is 5.84. The summed E-state index contributed by atoms with van der Waals surface area (Å²) in [5.74, 6) is 0. The van der Waals surface area contributed by atoms with Crippen LogP contribution >= 0.6 is 0 Å². The molecule has 3 nitrogen and oxygen atoms in total. The Bertz CT molecular complexity index is 475. The summed E-state index contributed by atoms with van der Waals surface area (Å²) in [5.41, 5.74) is 5.11. The zero-order chi connectivity index (χ0) is 10.9. The van der Waals surface area contributed by atoms with Gasteiger partial charge in [0, 0.05) is 18.1 Å². The number of nitrogens with zero attached hydrogens (tertiary/aromatic N) is 1. The van der Waals surface area contributed by atoms with E-state index in [1.807, 2.05) is 30.3 Å². The number of hydrogen-bond acceptors (Lipinski definition) is 3. The summed E-state index contributed by atoms with van der Waals surface area (Å²) in [5, 5.41) is 12.1. The van der Waals surface area contributed by atoms with Crippen molar-refractivity contribution in [2.45, 2.75) is 12.5 Å². The molecule has 0 spiro atoms. The number of pyridine rings is 1. The van der Waals surface area contributed by atoms with E-state index >= 15 is 0 Å². The lowest BCUT2D eigenvalue weighted by Crippen LogP contribution is -2.32. The van der Waals surface area contributed by atoms with E-state index < -0.39 is 5.60 Å². The Kier molecular flexibility index (Phi) is 2.42. The third kappa shape index (κ3) is 1.71. The van der Waals surface area contributed by atoms with Gasteiger partial charge in [-0.25, -0.2) is 0 Å². The quantitative estimate of drug-likeness (QED) is 0.774. The molecule has 1 unspecified atom stereocenters. The van der Waals surface area contributed by atoms with Gasteiger partial charge in [0.15, 0.2) is 0 Å². The van der Waals surface area contributed by atoms with E-state index in [1.54, 1.807) is 13.1 Å². The van der Waals surface area contributed by atoms with Gasteiger partial charge in [-0.15, -0.1) is 0 Å². The SMILES string of the molecule is CC(O)(CN)c1nccc2ccccc12. The smallest absolute Gasteiger partial charge is 0.116 e. The molecule has 1 aromatic heterocycles. The standard InChI is InChI=1S/C12H14N2O/c1-12(15,8-13)11-10-5-3-2-4-9(10)6-7-14-11/h2-7,15H,8,13H2,1H3. The zero-order valence-corrected chi connectivity index (χ0v) is 8.64. The fourth-order valence-corrected chi connectivity index (χ4v) is 1.65. The van der Waals surface area contributed by atoms with Crippen LogP contribution in [0.3, 0.4) is 0 Å². The van der Waals surface area contributed by atoms with E-state index in [4.69, 9.17) is 5.73 Å². The van der Waals surface area contributed by atoms with Crippen molar-refractivity contribution in [2.75, 3.05) is 6.54 Å². The minimum absolute atomic E-state index is 0.161. The first-order valence-corrected chi connectivity index (χ1v) is 4.92. The van der Waals surface area contributed by atoms with Crippen molar-refractivity contribution in [1.82, 2.24) is 4.98 Å². The van der Waals surface area contributed by atoms with Crippen LogP contribution in [0.1, 0.15) is 12.6 Å². The first-order valence-electron chi connectivity index (χ1n) is 4.92. The molecular weight excluding hydrogens is 188 g/mol. The third-order valence-corrected chi connectivity index (χ3v) is 2.58. The van der Waals surface area contributed by atoms with Gasteiger partial charge < -0.3 is 10.8 Å². The van der Waals surface area contributed by atoms with Crippen molar-refractivity contribution < 1.29 is 5.11 Å². The van der Waals surface area contributed by atoms with Crippen LogP contribution in [0.25, 0.3) is 10.8 Å². The maximum absolute atomic E-state index is 10.1.